The van der Waals surface area contributed by atoms with Crippen LogP contribution in [0.5, 0.6) is 0 Å². The van der Waals surface area contributed by atoms with Crippen molar-refractivity contribution >= 4 is 5.97 Å². The van der Waals surface area contributed by atoms with Gasteiger partial charge >= 0.3 is 5.97 Å². The molecular formula is C22H34O5. The average molecular weight is 379 g/mol. The van der Waals surface area contributed by atoms with E-state index in [2.05, 4.69) is 27.7 Å². The van der Waals surface area contributed by atoms with E-state index in [1.165, 1.54) is 6.92 Å². The highest BCUT2D eigenvalue weighted by molar-refractivity contribution is 5.66. The van der Waals surface area contributed by atoms with Gasteiger partial charge in [-0.15, -0.1) is 0 Å². The summed E-state index contributed by atoms with van der Waals surface area (Å²) < 4.78 is 25.7. The second kappa shape index (κ2) is 5.93. The molecule has 6 fully saturated rings. The normalized spacial score (nSPS) is 58.9. The molecule has 5 heteroatoms. The highest BCUT2D eigenvalue weighted by atomic mass is 16.6. The quantitative estimate of drug-likeness (QED) is 0.655. The number of hydrogen-bond acceptors (Lipinski definition) is 5. The fourth-order valence-corrected chi connectivity index (χ4v) is 7.29. The predicted octanol–water partition coefficient (Wildman–Crippen LogP) is 3.34. The number of carbonyl (C=O) groups is 1. The third-order valence-corrected chi connectivity index (χ3v) is 8.31. The molecule has 5 heterocycles. The summed E-state index contributed by atoms with van der Waals surface area (Å²) in [6, 6.07) is 0. The lowest BCUT2D eigenvalue weighted by Gasteiger charge is -2.52. The molecule has 1 aliphatic carbocycles. The molecule has 0 aromatic heterocycles. The van der Waals surface area contributed by atoms with Crippen molar-refractivity contribution in [3.63, 3.8) is 0 Å². The lowest BCUT2D eigenvalue weighted by atomic mass is 9.58. The molecule has 11 unspecified atom stereocenters. The van der Waals surface area contributed by atoms with E-state index in [1.807, 2.05) is 0 Å². The van der Waals surface area contributed by atoms with Crippen LogP contribution in [0.15, 0.2) is 0 Å². The molecule has 0 aromatic carbocycles. The third-order valence-electron chi connectivity index (χ3n) is 8.31. The maximum absolute atomic E-state index is 11.9. The number of carbonyl (C=O) groups excluding carboxylic acids is 1. The summed E-state index contributed by atoms with van der Waals surface area (Å²) in [6.45, 7) is 11.3. The van der Waals surface area contributed by atoms with Crippen LogP contribution < -0.4 is 0 Å². The summed E-state index contributed by atoms with van der Waals surface area (Å²) in [5.41, 5.74) is -0.436. The zero-order valence-corrected chi connectivity index (χ0v) is 17.3. The fraction of sp³-hybridized carbons (Fsp3) is 0.955. The van der Waals surface area contributed by atoms with Gasteiger partial charge in [-0.1, -0.05) is 13.8 Å². The van der Waals surface area contributed by atoms with Crippen molar-refractivity contribution in [2.24, 2.45) is 29.6 Å². The second-order valence-corrected chi connectivity index (χ2v) is 10.6. The molecule has 5 aliphatic heterocycles. The van der Waals surface area contributed by atoms with Gasteiger partial charge in [-0.2, -0.15) is 0 Å². The van der Waals surface area contributed by atoms with Crippen LogP contribution >= 0.6 is 0 Å². The van der Waals surface area contributed by atoms with Gasteiger partial charge in [0.05, 0.1) is 36.1 Å². The average Bonchev–Trinajstić information content (AvgIpc) is 2.91. The van der Waals surface area contributed by atoms with Gasteiger partial charge in [0, 0.05) is 32.1 Å². The van der Waals surface area contributed by atoms with Crippen molar-refractivity contribution in [3.05, 3.63) is 0 Å². The molecule has 5 saturated heterocycles. The number of esters is 1. The Kier molecular flexibility index (Phi) is 4.04. The van der Waals surface area contributed by atoms with E-state index >= 15 is 0 Å². The second-order valence-electron chi connectivity index (χ2n) is 10.6. The molecular weight excluding hydrogens is 344 g/mol. The number of ether oxygens (including phenoxy) is 4. The Morgan fingerprint density at radius 1 is 1.07 bits per heavy atom. The standard InChI is InChI=1S/C22H34O5/c1-11-6-15-12(2)10-24-22(5)8-14-7-21(4,27-14)9-16-18(17(15)20(22)26-16)19(11)25-13(3)23/h11-12,14-20H,6-10H2,1-5H3. The Morgan fingerprint density at radius 3 is 2.52 bits per heavy atom. The molecule has 6 rings (SSSR count). The van der Waals surface area contributed by atoms with Gasteiger partial charge in [0.1, 0.15) is 6.10 Å². The van der Waals surface area contributed by atoms with Crippen LogP contribution in [0, 0.1) is 29.6 Å². The van der Waals surface area contributed by atoms with Gasteiger partial charge in [0.15, 0.2) is 0 Å². The maximum atomic E-state index is 11.9. The molecule has 152 valence electrons. The van der Waals surface area contributed by atoms with Crippen molar-refractivity contribution in [3.8, 4) is 0 Å². The summed E-state index contributed by atoms with van der Waals surface area (Å²) in [4.78, 5) is 11.9. The third kappa shape index (κ3) is 2.71. The number of rotatable bonds is 1. The van der Waals surface area contributed by atoms with Crippen LogP contribution in [0.4, 0.5) is 0 Å². The predicted molar refractivity (Wildman–Crippen MR) is 99.1 cm³/mol. The van der Waals surface area contributed by atoms with Gasteiger partial charge in [-0.05, 0) is 43.9 Å². The van der Waals surface area contributed by atoms with Gasteiger partial charge < -0.3 is 18.9 Å². The summed E-state index contributed by atoms with van der Waals surface area (Å²) in [7, 11) is 0. The summed E-state index contributed by atoms with van der Waals surface area (Å²) in [5, 5.41) is 0. The Morgan fingerprint density at radius 2 is 1.81 bits per heavy atom. The minimum absolute atomic E-state index is 0.0628. The maximum Gasteiger partial charge on any atom is 0.302 e. The SMILES string of the molecule is CC(=O)OC1C(C)CC2C(C)COC3(C)CC4CC(C)(CC5OC3C2C51)O4. The Balaban J connectivity index is 1.60. The van der Waals surface area contributed by atoms with Gasteiger partial charge in [-0.25, -0.2) is 0 Å². The van der Waals surface area contributed by atoms with Gasteiger partial charge in [0.2, 0.25) is 0 Å². The molecule has 6 aliphatic rings. The highest BCUT2D eigenvalue weighted by Gasteiger charge is 2.66. The summed E-state index contributed by atoms with van der Waals surface area (Å²) >= 11 is 0. The lowest BCUT2D eigenvalue weighted by molar-refractivity contribution is -0.224. The van der Waals surface area contributed by atoms with Gasteiger partial charge in [-0.3, -0.25) is 4.79 Å². The van der Waals surface area contributed by atoms with Crippen LogP contribution in [0.3, 0.4) is 0 Å². The minimum atomic E-state index is -0.321. The van der Waals surface area contributed by atoms with E-state index in [9.17, 15) is 4.79 Å². The number of hydrogen-bond donors (Lipinski definition) is 0. The van der Waals surface area contributed by atoms with E-state index in [1.54, 1.807) is 0 Å². The van der Waals surface area contributed by atoms with E-state index in [-0.39, 0.29) is 47.5 Å². The van der Waals surface area contributed by atoms with Crippen LogP contribution in [-0.4, -0.2) is 48.2 Å². The summed E-state index contributed by atoms with van der Waals surface area (Å²) in [5.74, 6) is 1.89. The first-order valence-corrected chi connectivity index (χ1v) is 10.8. The van der Waals surface area contributed by atoms with Crippen molar-refractivity contribution in [2.45, 2.75) is 95.9 Å². The van der Waals surface area contributed by atoms with Gasteiger partial charge in [0.25, 0.3) is 0 Å². The first kappa shape index (κ1) is 18.4. The van der Waals surface area contributed by atoms with E-state index in [4.69, 9.17) is 18.9 Å². The Labute approximate surface area is 162 Å². The molecule has 5 nitrogen and oxygen atoms in total. The van der Waals surface area contributed by atoms with Crippen molar-refractivity contribution in [2.75, 3.05) is 6.61 Å². The monoisotopic (exact) mass is 378 g/mol. The zero-order valence-electron chi connectivity index (χ0n) is 17.3. The van der Waals surface area contributed by atoms with Crippen molar-refractivity contribution in [1.82, 2.24) is 0 Å². The fourth-order valence-electron chi connectivity index (χ4n) is 7.29. The molecule has 1 saturated carbocycles. The van der Waals surface area contributed by atoms with Crippen LogP contribution in [0.1, 0.15) is 60.3 Å². The zero-order chi connectivity index (χ0) is 19.1. The molecule has 4 bridgehead atoms. The van der Waals surface area contributed by atoms with Crippen LogP contribution in [0.2, 0.25) is 0 Å². The smallest absolute Gasteiger partial charge is 0.302 e. The van der Waals surface area contributed by atoms with E-state index in [0.717, 1.165) is 32.3 Å². The molecule has 0 N–H and O–H groups in total. The molecule has 27 heavy (non-hydrogen) atoms. The van der Waals surface area contributed by atoms with E-state index in [0.29, 0.717) is 23.7 Å². The lowest BCUT2D eigenvalue weighted by Crippen LogP contribution is -2.58. The highest BCUT2D eigenvalue weighted by Crippen LogP contribution is 2.59. The molecule has 0 aromatic rings. The molecule has 11 atom stereocenters. The molecule has 0 spiro atoms. The van der Waals surface area contributed by atoms with E-state index < -0.39 is 0 Å². The first-order chi connectivity index (χ1) is 12.7. The van der Waals surface area contributed by atoms with Crippen LogP contribution in [-0.2, 0) is 23.7 Å². The molecule has 0 radical (unpaired) electrons. The minimum Gasteiger partial charge on any atom is -0.462 e. The summed E-state index contributed by atoms with van der Waals surface area (Å²) in [6.07, 6.45) is 4.31. The topological polar surface area (TPSA) is 54.0 Å². The molecule has 0 amide bonds. The van der Waals surface area contributed by atoms with Crippen molar-refractivity contribution < 1.29 is 23.7 Å². The first-order valence-electron chi connectivity index (χ1n) is 10.8. The Bertz CT molecular complexity index is 628. The van der Waals surface area contributed by atoms with Crippen molar-refractivity contribution in [1.29, 1.82) is 0 Å². The largest absolute Gasteiger partial charge is 0.462 e. The Hall–Kier alpha value is -0.650. The van der Waals surface area contributed by atoms with Crippen LogP contribution in [0.25, 0.3) is 0 Å².